The molecule has 3 heteroatoms. The molecular formula is C11H15Cl2N. The molecule has 78 valence electrons. The van der Waals surface area contributed by atoms with E-state index in [-0.39, 0.29) is 0 Å². The molecule has 0 aliphatic rings. The lowest BCUT2D eigenvalue weighted by Gasteiger charge is -2.09. The number of rotatable bonds is 3. The second-order valence-electron chi connectivity index (χ2n) is 3.96. The van der Waals surface area contributed by atoms with Crippen LogP contribution in [0.3, 0.4) is 0 Å². The molecule has 0 saturated heterocycles. The highest BCUT2D eigenvalue weighted by Crippen LogP contribution is 2.23. The van der Waals surface area contributed by atoms with Crippen LogP contribution in [-0.4, -0.2) is 4.98 Å². The Bertz CT molecular complexity index is 298. The third-order valence-electron chi connectivity index (χ3n) is 2.24. The van der Waals surface area contributed by atoms with Gasteiger partial charge in [0.1, 0.15) is 10.3 Å². The largest absolute Gasteiger partial charge is 0.224 e. The Hall–Kier alpha value is -0.270. The summed E-state index contributed by atoms with van der Waals surface area (Å²) in [6.07, 6.45) is 2.11. The lowest BCUT2D eigenvalue weighted by Crippen LogP contribution is -1.97. The van der Waals surface area contributed by atoms with Gasteiger partial charge in [-0.05, 0) is 42.9 Å². The molecule has 1 rings (SSSR count). The van der Waals surface area contributed by atoms with E-state index in [9.17, 15) is 0 Å². The predicted molar refractivity (Wildman–Crippen MR) is 62.2 cm³/mol. The van der Waals surface area contributed by atoms with Crippen LogP contribution < -0.4 is 0 Å². The van der Waals surface area contributed by atoms with Crippen molar-refractivity contribution in [3.05, 3.63) is 27.5 Å². The number of pyridine rings is 1. The van der Waals surface area contributed by atoms with Gasteiger partial charge in [0.2, 0.25) is 0 Å². The van der Waals surface area contributed by atoms with Crippen LogP contribution in [-0.2, 0) is 6.42 Å². The standard InChI is InChI=1S/C11H15Cl2N/c1-7(2)4-5-9-8(3)6-10(12)14-11(9)13/h6-7H,4-5H2,1-3H3. The Balaban J connectivity index is 2.86. The number of hydrogen-bond donors (Lipinski definition) is 0. The van der Waals surface area contributed by atoms with E-state index in [1.165, 1.54) is 0 Å². The maximum Gasteiger partial charge on any atom is 0.134 e. The van der Waals surface area contributed by atoms with Gasteiger partial charge in [0.25, 0.3) is 0 Å². The molecule has 0 radical (unpaired) electrons. The summed E-state index contributed by atoms with van der Waals surface area (Å²) >= 11 is 11.8. The lowest BCUT2D eigenvalue weighted by molar-refractivity contribution is 0.585. The first-order chi connectivity index (χ1) is 6.50. The van der Waals surface area contributed by atoms with Crippen LogP contribution in [0.1, 0.15) is 31.4 Å². The highest BCUT2D eigenvalue weighted by molar-refractivity contribution is 6.33. The summed E-state index contributed by atoms with van der Waals surface area (Å²) in [5.74, 6) is 0.682. The molecule has 1 nitrogen and oxygen atoms in total. The highest BCUT2D eigenvalue weighted by Gasteiger charge is 2.08. The molecule has 0 fully saturated rings. The van der Waals surface area contributed by atoms with Crippen LogP contribution in [0.4, 0.5) is 0 Å². The topological polar surface area (TPSA) is 12.9 Å². The fourth-order valence-corrected chi connectivity index (χ4v) is 1.98. The van der Waals surface area contributed by atoms with Crippen molar-refractivity contribution in [3.63, 3.8) is 0 Å². The van der Waals surface area contributed by atoms with Gasteiger partial charge in [-0.2, -0.15) is 0 Å². The van der Waals surface area contributed by atoms with Crippen molar-refractivity contribution in [2.45, 2.75) is 33.6 Å². The van der Waals surface area contributed by atoms with E-state index in [1.54, 1.807) is 0 Å². The molecule has 1 aromatic rings. The molecule has 0 atom stereocenters. The summed E-state index contributed by atoms with van der Waals surface area (Å²) in [4.78, 5) is 4.04. The molecule has 0 spiro atoms. The zero-order valence-corrected chi connectivity index (χ0v) is 10.3. The van der Waals surface area contributed by atoms with Crippen molar-refractivity contribution in [1.82, 2.24) is 4.98 Å². The maximum absolute atomic E-state index is 6.02. The minimum Gasteiger partial charge on any atom is -0.224 e. The van der Waals surface area contributed by atoms with E-state index < -0.39 is 0 Å². The first kappa shape index (κ1) is 11.8. The zero-order chi connectivity index (χ0) is 10.7. The lowest BCUT2D eigenvalue weighted by atomic mass is 10.0. The summed E-state index contributed by atoms with van der Waals surface area (Å²) in [6.45, 7) is 6.42. The first-order valence-electron chi connectivity index (χ1n) is 4.82. The summed E-state index contributed by atoms with van der Waals surface area (Å²) in [7, 11) is 0. The quantitative estimate of drug-likeness (QED) is 0.708. The van der Waals surface area contributed by atoms with E-state index in [1.807, 2.05) is 13.0 Å². The van der Waals surface area contributed by atoms with Crippen LogP contribution in [0.15, 0.2) is 6.07 Å². The van der Waals surface area contributed by atoms with Gasteiger partial charge in [-0.25, -0.2) is 4.98 Å². The van der Waals surface area contributed by atoms with E-state index >= 15 is 0 Å². The van der Waals surface area contributed by atoms with Crippen molar-refractivity contribution in [3.8, 4) is 0 Å². The SMILES string of the molecule is Cc1cc(Cl)nc(Cl)c1CCC(C)C. The summed E-state index contributed by atoms with van der Waals surface area (Å²) in [6, 6.07) is 1.86. The Kier molecular flexibility index (Phi) is 4.21. The summed E-state index contributed by atoms with van der Waals surface area (Å²) < 4.78 is 0. The first-order valence-corrected chi connectivity index (χ1v) is 5.57. The second-order valence-corrected chi connectivity index (χ2v) is 4.71. The molecule has 0 aliphatic heterocycles. The third-order valence-corrected chi connectivity index (χ3v) is 2.74. The number of aryl methyl sites for hydroxylation is 1. The van der Waals surface area contributed by atoms with Gasteiger partial charge in [-0.15, -0.1) is 0 Å². The van der Waals surface area contributed by atoms with E-state index in [0.717, 1.165) is 24.0 Å². The minimum absolute atomic E-state index is 0.473. The van der Waals surface area contributed by atoms with Crippen LogP contribution in [0.5, 0.6) is 0 Å². The van der Waals surface area contributed by atoms with Gasteiger partial charge >= 0.3 is 0 Å². The van der Waals surface area contributed by atoms with E-state index in [4.69, 9.17) is 23.2 Å². The van der Waals surface area contributed by atoms with Crippen molar-refractivity contribution in [2.75, 3.05) is 0 Å². The molecule has 0 saturated carbocycles. The molecule has 14 heavy (non-hydrogen) atoms. The molecule has 0 N–H and O–H groups in total. The number of nitrogens with zero attached hydrogens (tertiary/aromatic N) is 1. The zero-order valence-electron chi connectivity index (χ0n) is 8.77. The van der Waals surface area contributed by atoms with Crippen LogP contribution >= 0.6 is 23.2 Å². The number of halogens is 2. The molecule has 0 aromatic carbocycles. The van der Waals surface area contributed by atoms with Gasteiger partial charge < -0.3 is 0 Å². The van der Waals surface area contributed by atoms with E-state index in [0.29, 0.717) is 16.2 Å². The fraction of sp³-hybridized carbons (Fsp3) is 0.545. The van der Waals surface area contributed by atoms with Crippen molar-refractivity contribution >= 4 is 23.2 Å². The van der Waals surface area contributed by atoms with Crippen LogP contribution in [0.25, 0.3) is 0 Å². The molecule has 1 aromatic heterocycles. The van der Waals surface area contributed by atoms with Gasteiger partial charge in [0.05, 0.1) is 0 Å². The van der Waals surface area contributed by atoms with Crippen LogP contribution in [0, 0.1) is 12.8 Å². The Labute approximate surface area is 95.4 Å². The number of hydrogen-bond acceptors (Lipinski definition) is 1. The van der Waals surface area contributed by atoms with Crippen molar-refractivity contribution in [1.29, 1.82) is 0 Å². The molecule has 1 heterocycles. The van der Waals surface area contributed by atoms with Gasteiger partial charge in [-0.3, -0.25) is 0 Å². The predicted octanol–water partition coefficient (Wildman–Crippen LogP) is 4.29. The second kappa shape index (κ2) is 4.99. The molecule has 0 unspecified atom stereocenters. The van der Waals surface area contributed by atoms with Gasteiger partial charge in [0, 0.05) is 0 Å². The number of aromatic nitrogens is 1. The van der Waals surface area contributed by atoms with Crippen LogP contribution in [0.2, 0.25) is 10.3 Å². The van der Waals surface area contributed by atoms with Crippen molar-refractivity contribution in [2.24, 2.45) is 5.92 Å². The monoisotopic (exact) mass is 231 g/mol. The minimum atomic E-state index is 0.473. The molecule has 0 bridgehead atoms. The maximum atomic E-state index is 6.02. The fourth-order valence-electron chi connectivity index (χ4n) is 1.36. The Morgan fingerprint density at radius 3 is 2.50 bits per heavy atom. The highest BCUT2D eigenvalue weighted by atomic mass is 35.5. The normalized spacial score (nSPS) is 11.0. The average Bonchev–Trinajstić information content (AvgIpc) is 2.01. The van der Waals surface area contributed by atoms with Gasteiger partial charge in [0.15, 0.2) is 0 Å². The van der Waals surface area contributed by atoms with Crippen molar-refractivity contribution < 1.29 is 0 Å². The van der Waals surface area contributed by atoms with E-state index in [2.05, 4.69) is 18.8 Å². The smallest absolute Gasteiger partial charge is 0.134 e. The van der Waals surface area contributed by atoms with Gasteiger partial charge in [-0.1, -0.05) is 37.0 Å². The summed E-state index contributed by atoms with van der Waals surface area (Å²) in [5, 5.41) is 1.02. The Morgan fingerprint density at radius 2 is 2.00 bits per heavy atom. The summed E-state index contributed by atoms with van der Waals surface area (Å²) in [5.41, 5.74) is 2.26. The third kappa shape index (κ3) is 3.14. The molecule has 0 amide bonds. The Morgan fingerprint density at radius 1 is 1.36 bits per heavy atom. The average molecular weight is 232 g/mol. The molecule has 0 aliphatic carbocycles. The molecular weight excluding hydrogens is 217 g/mol.